The van der Waals surface area contributed by atoms with Crippen molar-refractivity contribution in [3.63, 3.8) is 0 Å². The monoisotopic (exact) mass is 357 g/mol. The minimum absolute atomic E-state index is 0.0348. The van der Waals surface area contributed by atoms with Crippen LogP contribution in [-0.4, -0.2) is 54.5 Å². The molecule has 26 heavy (non-hydrogen) atoms. The summed E-state index contributed by atoms with van der Waals surface area (Å²) in [4.78, 5) is 40.5. The zero-order valence-corrected chi connectivity index (χ0v) is 14.9. The van der Waals surface area contributed by atoms with Crippen molar-refractivity contribution in [3.05, 3.63) is 46.3 Å². The molecule has 0 radical (unpaired) electrons. The van der Waals surface area contributed by atoms with Gasteiger partial charge in [-0.2, -0.15) is 0 Å². The van der Waals surface area contributed by atoms with Crippen LogP contribution < -0.4 is 10.9 Å². The predicted molar refractivity (Wildman–Crippen MR) is 98.3 cm³/mol. The van der Waals surface area contributed by atoms with Crippen LogP contribution in [-0.2, 0) is 0 Å². The van der Waals surface area contributed by atoms with Gasteiger partial charge >= 0.3 is 11.7 Å². The van der Waals surface area contributed by atoms with Gasteiger partial charge in [-0.05, 0) is 25.0 Å². The van der Waals surface area contributed by atoms with Gasteiger partial charge < -0.3 is 19.5 Å². The number of nitrogens with zero attached hydrogens (tertiary/aromatic N) is 2. The number of carbonyl (C=O) groups is 2. The first-order valence-corrected chi connectivity index (χ1v) is 8.95. The highest BCUT2D eigenvalue weighted by Crippen LogP contribution is 2.14. The van der Waals surface area contributed by atoms with E-state index < -0.39 is 5.63 Å². The van der Waals surface area contributed by atoms with Gasteiger partial charge in [-0.1, -0.05) is 25.1 Å². The average molecular weight is 357 g/mol. The molecule has 0 atom stereocenters. The second kappa shape index (κ2) is 8.03. The molecule has 0 bridgehead atoms. The molecule has 1 N–H and O–H groups in total. The number of fused-ring (bicyclic) bond motifs is 1. The average Bonchev–Trinajstić information content (AvgIpc) is 2.91. The lowest BCUT2D eigenvalue weighted by Crippen LogP contribution is -2.43. The van der Waals surface area contributed by atoms with Crippen molar-refractivity contribution in [2.45, 2.75) is 19.8 Å². The second-order valence-corrected chi connectivity index (χ2v) is 6.35. The Hall–Kier alpha value is -2.83. The maximum Gasteiger partial charge on any atom is 0.349 e. The van der Waals surface area contributed by atoms with Crippen molar-refractivity contribution in [1.82, 2.24) is 15.1 Å². The Morgan fingerprint density at radius 3 is 2.65 bits per heavy atom. The molecule has 2 aromatic rings. The first-order valence-electron chi connectivity index (χ1n) is 8.95. The van der Waals surface area contributed by atoms with E-state index in [0.29, 0.717) is 50.1 Å². The van der Waals surface area contributed by atoms with E-state index in [2.05, 4.69) is 5.32 Å². The van der Waals surface area contributed by atoms with Crippen LogP contribution in [0.25, 0.3) is 11.0 Å². The molecule has 0 unspecified atom stereocenters. The Balaban J connectivity index is 1.73. The van der Waals surface area contributed by atoms with Gasteiger partial charge in [0, 0.05) is 38.1 Å². The number of para-hydroxylation sites is 1. The van der Waals surface area contributed by atoms with E-state index in [1.165, 1.54) is 0 Å². The van der Waals surface area contributed by atoms with E-state index in [9.17, 15) is 14.4 Å². The smallest absolute Gasteiger partial charge is 0.349 e. The van der Waals surface area contributed by atoms with Crippen LogP contribution in [0.15, 0.2) is 39.5 Å². The minimum Gasteiger partial charge on any atom is -0.422 e. The number of amides is 3. The fourth-order valence-corrected chi connectivity index (χ4v) is 3.05. The van der Waals surface area contributed by atoms with E-state index in [4.69, 9.17) is 4.42 Å². The fourth-order valence-electron chi connectivity index (χ4n) is 3.05. The fraction of sp³-hybridized carbons (Fsp3) is 0.421. The summed E-state index contributed by atoms with van der Waals surface area (Å²) in [5, 5.41) is 3.57. The molecule has 138 valence electrons. The van der Waals surface area contributed by atoms with E-state index in [0.717, 1.165) is 6.42 Å². The second-order valence-electron chi connectivity index (χ2n) is 6.35. The topological polar surface area (TPSA) is 82.9 Å². The van der Waals surface area contributed by atoms with Crippen LogP contribution in [0.5, 0.6) is 0 Å². The highest BCUT2D eigenvalue weighted by molar-refractivity contribution is 5.96. The van der Waals surface area contributed by atoms with Crippen LogP contribution in [0.1, 0.15) is 30.1 Å². The summed E-state index contributed by atoms with van der Waals surface area (Å²) in [7, 11) is 0. The summed E-state index contributed by atoms with van der Waals surface area (Å²) in [6.45, 7) is 4.56. The molecule has 7 heteroatoms. The molecule has 1 aromatic carbocycles. The first-order chi connectivity index (χ1) is 12.6. The quantitative estimate of drug-likeness (QED) is 0.853. The lowest BCUT2D eigenvalue weighted by atomic mass is 10.1. The van der Waals surface area contributed by atoms with Crippen molar-refractivity contribution in [2.24, 2.45) is 0 Å². The molecule has 1 aliphatic heterocycles. The Morgan fingerprint density at radius 1 is 1.12 bits per heavy atom. The van der Waals surface area contributed by atoms with Gasteiger partial charge in [0.1, 0.15) is 11.1 Å². The van der Waals surface area contributed by atoms with E-state index >= 15 is 0 Å². The van der Waals surface area contributed by atoms with Gasteiger partial charge in [0.15, 0.2) is 0 Å². The highest BCUT2D eigenvalue weighted by atomic mass is 16.4. The largest absolute Gasteiger partial charge is 0.422 e. The van der Waals surface area contributed by atoms with E-state index in [1.54, 1.807) is 34.1 Å². The molecule has 2 heterocycles. The molecule has 3 rings (SSSR count). The number of nitrogens with one attached hydrogen (secondary N) is 1. The lowest BCUT2D eigenvalue weighted by molar-refractivity contribution is 0.0758. The first kappa shape index (κ1) is 18.0. The van der Waals surface area contributed by atoms with Crippen LogP contribution in [0.2, 0.25) is 0 Å². The summed E-state index contributed by atoms with van der Waals surface area (Å²) >= 11 is 0. The SMILES string of the molecule is CCCNC(=O)N1CCCN(C(=O)c2cc3ccccc3oc2=O)CC1. The molecule has 1 fully saturated rings. The Morgan fingerprint density at radius 2 is 1.85 bits per heavy atom. The van der Waals surface area contributed by atoms with Crippen LogP contribution in [0.4, 0.5) is 4.79 Å². The Bertz CT molecular complexity index is 861. The number of benzene rings is 1. The number of hydrogen-bond acceptors (Lipinski definition) is 4. The molecule has 1 aliphatic rings. The van der Waals surface area contributed by atoms with E-state index in [1.807, 2.05) is 13.0 Å². The zero-order valence-electron chi connectivity index (χ0n) is 14.9. The molecule has 3 amide bonds. The summed E-state index contributed by atoms with van der Waals surface area (Å²) in [6, 6.07) is 8.59. The van der Waals surface area contributed by atoms with E-state index in [-0.39, 0.29) is 17.5 Å². The third-order valence-electron chi connectivity index (χ3n) is 4.47. The molecule has 1 saturated heterocycles. The van der Waals surface area contributed by atoms with Gasteiger partial charge in [0.2, 0.25) is 0 Å². The lowest BCUT2D eigenvalue weighted by Gasteiger charge is -2.22. The standard InChI is InChI=1S/C19H23N3O4/c1-2-8-20-19(25)22-10-5-9-21(11-12-22)17(23)15-13-14-6-3-4-7-16(14)26-18(15)24/h3-4,6-7,13H,2,5,8-12H2,1H3,(H,20,25). The molecule has 0 aliphatic carbocycles. The van der Waals surface area contributed by atoms with Crippen molar-refractivity contribution < 1.29 is 14.0 Å². The minimum atomic E-state index is -0.629. The summed E-state index contributed by atoms with van der Waals surface area (Å²) in [5.74, 6) is -0.347. The third kappa shape index (κ3) is 3.87. The van der Waals surface area contributed by atoms with Crippen molar-refractivity contribution >= 4 is 22.9 Å². The maximum absolute atomic E-state index is 12.8. The molecule has 1 aromatic heterocycles. The number of rotatable bonds is 3. The van der Waals surface area contributed by atoms with Crippen LogP contribution in [0.3, 0.4) is 0 Å². The van der Waals surface area contributed by atoms with Crippen LogP contribution >= 0.6 is 0 Å². The Labute approximate surface area is 151 Å². The highest BCUT2D eigenvalue weighted by Gasteiger charge is 2.25. The molecular formula is C19H23N3O4. The van der Waals surface area contributed by atoms with Crippen LogP contribution in [0, 0.1) is 0 Å². The summed E-state index contributed by atoms with van der Waals surface area (Å²) < 4.78 is 5.26. The maximum atomic E-state index is 12.8. The van der Waals surface area contributed by atoms with Gasteiger partial charge in [-0.25, -0.2) is 9.59 Å². The van der Waals surface area contributed by atoms with Crippen molar-refractivity contribution in [2.75, 3.05) is 32.7 Å². The molecule has 7 nitrogen and oxygen atoms in total. The molecular weight excluding hydrogens is 334 g/mol. The molecule has 0 saturated carbocycles. The predicted octanol–water partition coefficient (Wildman–Crippen LogP) is 2.06. The molecule has 0 spiro atoms. The van der Waals surface area contributed by atoms with Crippen molar-refractivity contribution in [1.29, 1.82) is 0 Å². The van der Waals surface area contributed by atoms with Gasteiger partial charge in [-0.15, -0.1) is 0 Å². The third-order valence-corrected chi connectivity index (χ3v) is 4.47. The zero-order chi connectivity index (χ0) is 18.5. The Kier molecular flexibility index (Phi) is 5.55. The van der Waals surface area contributed by atoms with Gasteiger partial charge in [0.25, 0.3) is 5.91 Å². The van der Waals surface area contributed by atoms with Crippen molar-refractivity contribution in [3.8, 4) is 0 Å². The number of hydrogen-bond donors (Lipinski definition) is 1. The van der Waals surface area contributed by atoms with Gasteiger partial charge in [0.05, 0.1) is 0 Å². The normalized spacial score (nSPS) is 15.0. The number of urea groups is 1. The summed E-state index contributed by atoms with van der Waals surface area (Å²) in [5.41, 5.74) is -0.133. The summed E-state index contributed by atoms with van der Waals surface area (Å²) in [6.07, 6.45) is 1.55. The number of carbonyl (C=O) groups excluding carboxylic acids is 2. The van der Waals surface area contributed by atoms with Gasteiger partial charge in [-0.3, -0.25) is 4.79 Å².